The fourth-order valence-corrected chi connectivity index (χ4v) is 4.88. The molecule has 158 valence electrons. The van der Waals surface area contributed by atoms with Crippen molar-refractivity contribution in [3.63, 3.8) is 0 Å². The van der Waals surface area contributed by atoms with E-state index in [0.29, 0.717) is 6.54 Å². The molecule has 3 fully saturated rings. The summed E-state index contributed by atoms with van der Waals surface area (Å²) in [6.45, 7) is 5.38. The number of amides is 3. The minimum Gasteiger partial charge on any atom is -0.310 e. The number of unbranched alkanes of at least 4 members (excludes halogenated alkanes) is 3. The molecule has 7 nitrogen and oxygen atoms in total. The summed E-state index contributed by atoms with van der Waals surface area (Å²) >= 11 is 0. The van der Waals surface area contributed by atoms with Gasteiger partial charge in [0.05, 0.1) is 0 Å². The number of urea groups is 1. The summed E-state index contributed by atoms with van der Waals surface area (Å²) in [5, 5.41) is 3.58. The molecule has 3 aliphatic rings. The molecule has 0 aliphatic carbocycles. The lowest BCUT2D eigenvalue weighted by Gasteiger charge is -2.43. The summed E-state index contributed by atoms with van der Waals surface area (Å²) in [6.07, 6.45) is 4.97. The Hall–Kier alpha value is -1.96. The largest absolute Gasteiger partial charge is 0.327 e. The van der Waals surface area contributed by atoms with Crippen molar-refractivity contribution in [3.8, 4) is 0 Å². The highest BCUT2D eigenvalue weighted by molar-refractivity contribution is 6.00. The second kappa shape index (κ2) is 8.81. The molecule has 3 amide bonds. The molecule has 1 aromatic carbocycles. The smallest absolute Gasteiger partial charge is 0.310 e. The van der Waals surface area contributed by atoms with Crippen LogP contribution in [0.3, 0.4) is 0 Å². The number of carbonyl (C=O) groups excluding carboxylic acids is 2. The number of benzene rings is 1. The van der Waals surface area contributed by atoms with Gasteiger partial charge in [-0.25, -0.2) is 4.79 Å². The fraction of sp³-hybridized carbons (Fsp3) is 0.636. The Bertz CT molecular complexity index is 727. The van der Waals surface area contributed by atoms with Crippen LogP contribution in [0.15, 0.2) is 30.3 Å². The third kappa shape index (κ3) is 3.91. The van der Waals surface area contributed by atoms with Gasteiger partial charge in [-0.1, -0.05) is 56.5 Å². The molecule has 3 heterocycles. The summed E-state index contributed by atoms with van der Waals surface area (Å²) in [5.74, 6) is -0.0360. The van der Waals surface area contributed by atoms with E-state index in [1.54, 1.807) is 4.90 Å². The number of nitrogens with zero attached hydrogens (tertiary/aromatic N) is 4. The first-order valence-electron chi connectivity index (χ1n) is 11.0. The first-order valence-corrected chi connectivity index (χ1v) is 11.0. The molecule has 3 aliphatic heterocycles. The normalized spacial score (nSPS) is 28.0. The zero-order valence-corrected chi connectivity index (χ0v) is 17.6. The number of carbonyl (C=O) groups is 2. The van der Waals surface area contributed by atoms with Crippen LogP contribution in [0.1, 0.15) is 44.6 Å². The van der Waals surface area contributed by atoms with Gasteiger partial charge < -0.3 is 4.90 Å². The zero-order chi connectivity index (χ0) is 20.4. The van der Waals surface area contributed by atoms with Crippen LogP contribution in [0.4, 0.5) is 4.79 Å². The van der Waals surface area contributed by atoms with Crippen LogP contribution in [-0.4, -0.2) is 76.7 Å². The maximum Gasteiger partial charge on any atom is 0.327 e. The van der Waals surface area contributed by atoms with E-state index in [-0.39, 0.29) is 30.4 Å². The number of imide groups is 1. The Kier molecular flexibility index (Phi) is 6.18. The maximum absolute atomic E-state index is 13.3. The molecule has 7 heteroatoms. The SMILES string of the molecule is CCCCCCN1C(=O)C2C(NC3N(Cc4ccccc4)CCCN23)N(C)C1=O. The predicted octanol–water partition coefficient (Wildman–Crippen LogP) is 2.25. The molecular weight excluding hydrogens is 366 g/mol. The van der Waals surface area contributed by atoms with Crippen molar-refractivity contribution >= 4 is 11.9 Å². The van der Waals surface area contributed by atoms with E-state index in [0.717, 1.165) is 51.7 Å². The highest BCUT2D eigenvalue weighted by atomic mass is 16.2. The predicted molar refractivity (Wildman–Crippen MR) is 112 cm³/mol. The Morgan fingerprint density at radius 3 is 2.62 bits per heavy atom. The number of rotatable bonds is 7. The molecular formula is C22H33N5O2. The van der Waals surface area contributed by atoms with Crippen LogP contribution in [0, 0.1) is 0 Å². The van der Waals surface area contributed by atoms with Crippen LogP contribution >= 0.6 is 0 Å². The lowest BCUT2D eigenvalue weighted by Crippen LogP contribution is -2.66. The van der Waals surface area contributed by atoms with Gasteiger partial charge in [-0.3, -0.25) is 24.8 Å². The molecule has 4 rings (SSSR count). The third-order valence-corrected chi connectivity index (χ3v) is 6.43. The van der Waals surface area contributed by atoms with Crippen LogP contribution in [0.2, 0.25) is 0 Å². The Morgan fingerprint density at radius 1 is 1.07 bits per heavy atom. The maximum atomic E-state index is 13.3. The first-order chi connectivity index (χ1) is 14.1. The lowest BCUT2D eigenvalue weighted by molar-refractivity contribution is -0.140. The van der Waals surface area contributed by atoms with Gasteiger partial charge in [0.1, 0.15) is 18.5 Å². The lowest BCUT2D eigenvalue weighted by atomic mass is 10.1. The van der Waals surface area contributed by atoms with E-state index in [1.807, 2.05) is 13.1 Å². The van der Waals surface area contributed by atoms with E-state index < -0.39 is 0 Å². The van der Waals surface area contributed by atoms with E-state index in [4.69, 9.17) is 0 Å². The second-order valence-corrected chi connectivity index (χ2v) is 8.42. The standard InChI is InChI=1S/C22H33N5O2/c1-3-4-5-9-14-27-20(28)18-19(24(2)22(27)29)23-21-25(13-10-15-26(18)21)16-17-11-7-6-8-12-17/h6-8,11-12,18-19,21,23H,3-5,9-10,13-16H2,1-2H3. The molecule has 0 spiro atoms. The molecule has 3 atom stereocenters. The molecule has 29 heavy (non-hydrogen) atoms. The summed E-state index contributed by atoms with van der Waals surface area (Å²) in [6, 6.07) is 9.96. The topological polar surface area (TPSA) is 59.1 Å². The molecule has 1 aromatic rings. The molecule has 0 aromatic heterocycles. The molecule has 1 N–H and O–H groups in total. The van der Waals surface area contributed by atoms with Crippen molar-refractivity contribution < 1.29 is 9.59 Å². The highest BCUT2D eigenvalue weighted by Crippen LogP contribution is 2.31. The van der Waals surface area contributed by atoms with Crippen molar-refractivity contribution in [2.75, 3.05) is 26.7 Å². The zero-order valence-electron chi connectivity index (χ0n) is 17.6. The monoisotopic (exact) mass is 399 g/mol. The Morgan fingerprint density at radius 2 is 1.86 bits per heavy atom. The fourth-order valence-electron chi connectivity index (χ4n) is 4.88. The van der Waals surface area contributed by atoms with Gasteiger partial charge in [-0.05, 0) is 18.4 Å². The number of hydrogen-bond acceptors (Lipinski definition) is 5. The third-order valence-electron chi connectivity index (χ3n) is 6.43. The van der Waals surface area contributed by atoms with Crippen molar-refractivity contribution in [3.05, 3.63) is 35.9 Å². The van der Waals surface area contributed by atoms with Crippen LogP contribution in [0.25, 0.3) is 0 Å². The van der Waals surface area contributed by atoms with Gasteiger partial charge in [0, 0.05) is 33.2 Å². The van der Waals surface area contributed by atoms with E-state index in [9.17, 15) is 9.59 Å². The van der Waals surface area contributed by atoms with Crippen molar-refractivity contribution in [2.24, 2.45) is 0 Å². The summed E-state index contributed by atoms with van der Waals surface area (Å²) in [7, 11) is 1.82. The van der Waals surface area contributed by atoms with E-state index in [2.05, 4.69) is 46.3 Å². The van der Waals surface area contributed by atoms with Gasteiger partial charge in [-0.15, -0.1) is 0 Å². The minimum atomic E-state index is -0.299. The van der Waals surface area contributed by atoms with Gasteiger partial charge in [-0.2, -0.15) is 0 Å². The van der Waals surface area contributed by atoms with Gasteiger partial charge >= 0.3 is 6.03 Å². The number of hydrogen-bond donors (Lipinski definition) is 1. The summed E-state index contributed by atoms with van der Waals surface area (Å²) in [5.41, 5.74) is 1.26. The summed E-state index contributed by atoms with van der Waals surface area (Å²) < 4.78 is 0. The average Bonchev–Trinajstić information content (AvgIpc) is 3.13. The van der Waals surface area contributed by atoms with E-state index in [1.165, 1.54) is 10.5 Å². The van der Waals surface area contributed by atoms with Crippen LogP contribution in [0.5, 0.6) is 0 Å². The van der Waals surface area contributed by atoms with Gasteiger partial charge in [0.2, 0.25) is 0 Å². The Labute approximate surface area is 173 Å². The molecule has 0 saturated carbocycles. The van der Waals surface area contributed by atoms with Crippen molar-refractivity contribution in [2.45, 2.75) is 64.1 Å². The highest BCUT2D eigenvalue weighted by Gasteiger charge is 2.55. The minimum absolute atomic E-state index is 0.0156. The average molecular weight is 400 g/mol. The number of fused-ring (bicyclic) bond motifs is 3. The number of nitrogens with one attached hydrogen (secondary N) is 1. The molecule has 3 unspecified atom stereocenters. The van der Waals surface area contributed by atoms with Crippen molar-refractivity contribution in [1.29, 1.82) is 0 Å². The van der Waals surface area contributed by atoms with Crippen LogP contribution in [-0.2, 0) is 11.3 Å². The van der Waals surface area contributed by atoms with Gasteiger partial charge in [0.15, 0.2) is 0 Å². The molecule has 0 radical (unpaired) electrons. The van der Waals surface area contributed by atoms with E-state index >= 15 is 0 Å². The van der Waals surface area contributed by atoms with Gasteiger partial charge in [0.25, 0.3) is 5.91 Å². The first kappa shape index (κ1) is 20.3. The molecule has 3 saturated heterocycles. The molecule has 0 bridgehead atoms. The quantitative estimate of drug-likeness (QED) is 0.713. The Balaban J connectivity index is 1.49. The summed E-state index contributed by atoms with van der Waals surface area (Å²) in [4.78, 5) is 34.1. The number of likely N-dealkylation sites (N-methyl/N-ethyl adjacent to an activating group) is 1. The van der Waals surface area contributed by atoms with Crippen LogP contribution < -0.4 is 5.32 Å². The van der Waals surface area contributed by atoms with Crippen molar-refractivity contribution in [1.82, 2.24) is 24.9 Å². The second-order valence-electron chi connectivity index (χ2n) is 8.42.